The predicted octanol–water partition coefficient (Wildman–Crippen LogP) is 6.87. The summed E-state index contributed by atoms with van der Waals surface area (Å²) in [5.41, 5.74) is 0.903. The lowest BCUT2D eigenvalue weighted by molar-refractivity contribution is -0.138. The second-order valence-corrected chi connectivity index (χ2v) is 12.1. The second-order valence-electron chi connectivity index (χ2n) is 9.40. The van der Waals surface area contributed by atoms with Gasteiger partial charge in [-0.1, -0.05) is 36.7 Å². The van der Waals surface area contributed by atoms with Gasteiger partial charge in [0.2, 0.25) is 0 Å². The number of amides is 1. The molecule has 4 rings (SSSR count). The van der Waals surface area contributed by atoms with Crippen molar-refractivity contribution in [1.29, 1.82) is 0 Å². The highest BCUT2D eigenvalue weighted by molar-refractivity contribution is 7.91. The van der Waals surface area contributed by atoms with Gasteiger partial charge in [0.25, 0.3) is 5.91 Å². The van der Waals surface area contributed by atoms with E-state index in [0.717, 1.165) is 6.07 Å². The zero-order chi connectivity index (χ0) is 30.7. The first kappa shape index (κ1) is 31.5. The van der Waals surface area contributed by atoms with Gasteiger partial charge >= 0.3 is 12.8 Å². The van der Waals surface area contributed by atoms with Crippen LogP contribution in [0.3, 0.4) is 0 Å². The molecule has 0 unspecified atom stereocenters. The summed E-state index contributed by atoms with van der Waals surface area (Å²) in [6.07, 6.45) is -4.84. The Balaban J connectivity index is 1.60. The Labute approximate surface area is 244 Å². The fraction of sp³-hybridized carbons (Fsp3) is 0.276. The number of alkyl halides is 5. The zero-order valence-electron chi connectivity index (χ0n) is 22.2. The number of nitrogens with zero attached hydrogens (tertiary/aromatic N) is 1. The molecule has 224 valence electrons. The van der Waals surface area contributed by atoms with Crippen molar-refractivity contribution in [2.75, 3.05) is 12.4 Å². The molecule has 0 saturated heterocycles. The molecule has 6 nitrogen and oxygen atoms in total. The number of halogens is 6. The molecule has 0 spiro atoms. The molecule has 3 aromatic carbocycles. The summed E-state index contributed by atoms with van der Waals surface area (Å²) >= 11 is 5.81. The first-order chi connectivity index (χ1) is 19.8. The van der Waals surface area contributed by atoms with E-state index < -0.39 is 34.1 Å². The maximum atomic E-state index is 13.7. The number of sulfone groups is 1. The first-order valence-corrected chi connectivity index (χ1v) is 14.8. The number of hydrogen-bond donors (Lipinski definition) is 1. The average molecular weight is 629 g/mol. The van der Waals surface area contributed by atoms with Crippen LogP contribution in [0.25, 0.3) is 10.9 Å². The van der Waals surface area contributed by atoms with Gasteiger partial charge in [-0.3, -0.25) is 4.79 Å². The van der Waals surface area contributed by atoms with Crippen LogP contribution in [0.2, 0.25) is 5.02 Å². The van der Waals surface area contributed by atoms with Gasteiger partial charge in [0.05, 0.1) is 22.8 Å². The monoisotopic (exact) mass is 628 g/mol. The number of hydrogen-bond acceptors (Lipinski definition) is 4. The third kappa shape index (κ3) is 7.47. The Morgan fingerprint density at radius 2 is 1.74 bits per heavy atom. The number of benzene rings is 3. The highest BCUT2D eigenvalue weighted by Crippen LogP contribution is 2.35. The molecule has 1 amide bonds. The maximum Gasteiger partial charge on any atom is 0.416 e. The molecular formula is C29H26ClF5N2O4S. The molecule has 0 aliphatic heterocycles. The molecule has 0 aliphatic rings. The van der Waals surface area contributed by atoms with Crippen molar-refractivity contribution in [3.63, 3.8) is 0 Å². The van der Waals surface area contributed by atoms with Gasteiger partial charge in [0.1, 0.15) is 0 Å². The summed E-state index contributed by atoms with van der Waals surface area (Å²) in [5, 5.41) is 3.20. The lowest BCUT2D eigenvalue weighted by Crippen LogP contribution is -2.22. The van der Waals surface area contributed by atoms with Crippen LogP contribution in [0.4, 0.5) is 22.0 Å². The molecular weight excluding hydrogens is 603 g/mol. The van der Waals surface area contributed by atoms with Gasteiger partial charge in [-0.25, -0.2) is 8.42 Å². The van der Waals surface area contributed by atoms with E-state index in [2.05, 4.69) is 10.1 Å². The quantitative estimate of drug-likeness (QED) is 0.184. The molecule has 1 aromatic heterocycles. The molecule has 1 heterocycles. The molecule has 0 bridgehead atoms. The Morgan fingerprint density at radius 3 is 2.38 bits per heavy atom. The Hall–Kier alpha value is -3.48. The number of carbonyl (C=O) groups excluding carboxylic acids is 1. The lowest BCUT2D eigenvalue weighted by Gasteiger charge is -2.15. The minimum absolute atomic E-state index is 0.0303. The van der Waals surface area contributed by atoms with Crippen LogP contribution in [0, 0.1) is 0 Å². The van der Waals surface area contributed by atoms with Crippen LogP contribution in [0.15, 0.2) is 71.6 Å². The minimum Gasteiger partial charge on any atom is -0.348 e. The Morgan fingerprint density at radius 1 is 1.02 bits per heavy atom. The summed E-state index contributed by atoms with van der Waals surface area (Å²) in [4.78, 5) is 13.1. The minimum atomic E-state index is -4.66. The number of nitrogens with one attached hydrogen (secondary N) is 1. The number of ether oxygens (including phenoxy) is 1. The molecule has 4 aromatic rings. The van der Waals surface area contributed by atoms with Gasteiger partial charge in [0.15, 0.2) is 9.84 Å². The van der Waals surface area contributed by atoms with E-state index >= 15 is 0 Å². The molecule has 0 radical (unpaired) electrons. The van der Waals surface area contributed by atoms with Gasteiger partial charge in [0, 0.05) is 46.7 Å². The Bertz CT molecular complexity index is 1690. The summed E-state index contributed by atoms with van der Waals surface area (Å²) in [6, 6.07) is 15.9. The van der Waals surface area contributed by atoms with Gasteiger partial charge < -0.3 is 14.6 Å². The highest BCUT2D eigenvalue weighted by Gasteiger charge is 2.33. The van der Waals surface area contributed by atoms with Crippen LogP contribution >= 0.6 is 11.6 Å². The van der Waals surface area contributed by atoms with E-state index in [-0.39, 0.29) is 52.9 Å². The van der Waals surface area contributed by atoms with Crippen molar-refractivity contribution >= 4 is 38.2 Å². The van der Waals surface area contributed by atoms with Crippen LogP contribution in [-0.2, 0) is 40.3 Å². The fourth-order valence-corrected chi connectivity index (χ4v) is 5.60. The van der Waals surface area contributed by atoms with E-state index in [1.165, 1.54) is 30.3 Å². The molecule has 42 heavy (non-hydrogen) atoms. The number of aromatic nitrogens is 1. The highest BCUT2D eigenvalue weighted by atomic mass is 35.5. The van der Waals surface area contributed by atoms with E-state index in [1.807, 2.05) is 0 Å². The lowest BCUT2D eigenvalue weighted by atomic mass is 10.0. The van der Waals surface area contributed by atoms with E-state index in [1.54, 1.807) is 41.8 Å². The molecule has 0 saturated carbocycles. The molecule has 0 fully saturated rings. The normalized spacial score (nSPS) is 12.3. The largest absolute Gasteiger partial charge is 0.416 e. The van der Waals surface area contributed by atoms with Crippen molar-refractivity contribution in [2.45, 2.75) is 44.1 Å². The van der Waals surface area contributed by atoms with Crippen molar-refractivity contribution in [2.24, 2.45) is 0 Å². The summed E-state index contributed by atoms with van der Waals surface area (Å²) < 4.78 is 96.4. The molecule has 0 atom stereocenters. The van der Waals surface area contributed by atoms with Crippen LogP contribution in [-0.4, -0.2) is 37.9 Å². The van der Waals surface area contributed by atoms with Crippen molar-refractivity contribution in [3.05, 3.63) is 99.7 Å². The van der Waals surface area contributed by atoms with Crippen LogP contribution in [0.5, 0.6) is 0 Å². The van der Waals surface area contributed by atoms with Crippen molar-refractivity contribution < 1.29 is 39.9 Å². The van der Waals surface area contributed by atoms with Crippen molar-refractivity contribution in [3.8, 4) is 0 Å². The van der Waals surface area contributed by atoms with Gasteiger partial charge in [-0.05, 0) is 59.7 Å². The smallest absolute Gasteiger partial charge is 0.348 e. The third-order valence-corrected chi connectivity index (χ3v) is 8.66. The van der Waals surface area contributed by atoms with Crippen LogP contribution in [0.1, 0.15) is 39.7 Å². The van der Waals surface area contributed by atoms with E-state index in [0.29, 0.717) is 22.2 Å². The number of rotatable bonds is 11. The summed E-state index contributed by atoms with van der Waals surface area (Å²) in [6.45, 7) is -1.79. The summed E-state index contributed by atoms with van der Waals surface area (Å²) in [7, 11) is -3.35. The fourth-order valence-electron chi connectivity index (χ4n) is 4.54. The first-order valence-electron chi connectivity index (χ1n) is 12.8. The van der Waals surface area contributed by atoms with Gasteiger partial charge in [-0.2, -0.15) is 22.0 Å². The van der Waals surface area contributed by atoms with Crippen molar-refractivity contribution in [1.82, 2.24) is 9.88 Å². The number of fused-ring (bicyclic) bond motifs is 1. The number of carbonyl (C=O) groups is 1. The molecule has 0 aliphatic carbocycles. The van der Waals surface area contributed by atoms with E-state index in [9.17, 15) is 35.2 Å². The maximum absolute atomic E-state index is 13.7. The SMILES string of the molecule is CCS(=O)(=O)c1ccc(CNC(=O)c2ccc3c(c2)cc(Cc2ccc(Cl)cc2C(F)(F)F)n3CCOC(F)F)cc1. The van der Waals surface area contributed by atoms with Crippen LogP contribution < -0.4 is 5.32 Å². The molecule has 1 N–H and O–H groups in total. The zero-order valence-corrected chi connectivity index (χ0v) is 23.8. The standard InChI is InChI=1S/C29H26ClF5N2O4S/c1-2-42(39,40)24-8-3-18(4-9-24)17-36-27(38)20-6-10-26-21(13-20)15-23(37(26)11-12-41-28(31)32)14-19-5-7-22(30)16-25(19)29(33,34)35/h3-10,13,15-16,28H,2,11-12,14,17H2,1H3,(H,36,38). The van der Waals surface area contributed by atoms with E-state index in [4.69, 9.17) is 11.6 Å². The topological polar surface area (TPSA) is 77.4 Å². The third-order valence-electron chi connectivity index (χ3n) is 6.67. The average Bonchev–Trinajstić information content (AvgIpc) is 3.28. The summed E-state index contributed by atoms with van der Waals surface area (Å²) in [5.74, 6) is -0.466. The predicted molar refractivity (Wildman–Crippen MR) is 148 cm³/mol. The Kier molecular flexibility index (Phi) is 9.59. The second kappa shape index (κ2) is 12.8. The molecule has 13 heteroatoms. The van der Waals surface area contributed by atoms with Gasteiger partial charge in [-0.15, -0.1) is 0 Å².